The Morgan fingerprint density at radius 1 is 1.27 bits per heavy atom. The van der Waals surface area contributed by atoms with E-state index in [9.17, 15) is 0 Å². The third-order valence-electron chi connectivity index (χ3n) is 2.68. The monoisotopic (exact) mass is 198 g/mol. The fraction of sp³-hybridized carbons (Fsp3) is 0.182. The van der Waals surface area contributed by atoms with Crippen molar-refractivity contribution >= 4 is 11.6 Å². The fourth-order valence-electron chi connectivity index (χ4n) is 1.91. The van der Waals surface area contributed by atoms with Gasteiger partial charge in [0.2, 0.25) is 0 Å². The van der Waals surface area contributed by atoms with Crippen LogP contribution in [0.4, 0.5) is 0 Å². The number of hydrogen-bond acceptors (Lipinski definition) is 3. The third kappa shape index (κ3) is 1.26. The Morgan fingerprint density at radius 2 is 2.07 bits per heavy atom. The molecular formula is C11H10N4. The fourth-order valence-corrected chi connectivity index (χ4v) is 1.91. The first-order chi connectivity index (χ1) is 7.34. The minimum atomic E-state index is 0.779. The molecule has 4 heteroatoms. The van der Waals surface area contributed by atoms with E-state index in [1.807, 2.05) is 7.05 Å². The molecule has 0 fully saturated rings. The number of fused-ring (bicyclic) bond motifs is 1. The molecule has 0 aliphatic heterocycles. The van der Waals surface area contributed by atoms with Crippen LogP contribution in [0.25, 0.3) is 11.6 Å². The molecule has 0 saturated carbocycles. The first-order valence-corrected chi connectivity index (χ1v) is 4.82. The number of rotatable bonds is 1. The van der Waals surface area contributed by atoms with Crippen molar-refractivity contribution < 1.29 is 0 Å². The Labute approximate surface area is 87.3 Å². The summed E-state index contributed by atoms with van der Waals surface area (Å²) in [5.74, 6) is 0.779. The van der Waals surface area contributed by atoms with Crippen LogP contribution in [-0.2, 0) is 13.5 Å². The number of allylic oxidation sites excluding steroid dienone is 1. The van der Waals surface area contributed by atoms with E-state index in [1.54, 1.807) is 0 Å². The van der Waals surface area contributed by atoms with Crippen molar-refractivity contribution in [3.05, 3.63) is 42.0 Å². The van der Waals surface area contributed by atoms with Crippen molar-refractivity contribution in [1.82, 2.24) is 19.5 Å². The summed E-state index contributed by atoms with van der Waals surface area (Å²) in [6, 6.07) is 2.14. The number of nitrogens with zero attached hydrogens (tertiary/aromatic N) is 4. The van der Waals surface area contributed by atoms with Crippen LogP contribution in [0.15, 0.2) is 24.9 Å². The summed E-state index contributed by atoms with van der Waals surface area (Å²) in [6.45, 7) is 0. The lowest BCUT2D eigenvalue weighted by Gasteiger charge is -1.97. The van der Waals surface area contributed by atoms with Gasteiger partial charge in [-0.15, -0.1) is 0 Å². The van der Waals surface area contributed by atoms with E-state index in [4.69, 9.17) is 0 Å². The zero-order valence-corrected chi connectivity index (χ0v) is 8.38. The summed E-state index contributed by atoms with van der Waals surface area (Å²) >= 11 is 0. The summed E-state index contributed by atoms with van der Waals surface area (Å²) < 4.78 is 2.11. The molecule has 0 radical (unpaired) electrons. The molecular weight excluding hydrogens is 188 g/mol. The lowest BCUT2D eigenvalue weighted by Crippen LogP contribution is -1.93. The van der Waals surface area contributed by atoms with Gasteiger partial charge in [-0.05, 0) is 17.7 Å². The molecule has 0 atom stereocenters. The highest BCUT2D eigenvalue weighted by atomic mass is 15.0. The van der Waals surface area contributed by atoms with Gasteiger partial charge in [-0.2, -0.15) is 0 Å². The molecule has 2 heterocycles. The normalized spacial score (nSPS) is 13.8. The first-order valence-electron chi connectivity index (χ1n) is 4.82. The van der Waals surface area contributed by atoms with Crippen LogP contribution in [-0.4, -0.2) is 19.5 Å². The molecule has 0 bridgehead atoms. The molecule has 1 aliphatic carbocycles. The minimum Gasteiger partial charge on any atom is -0.351 e. The van der Waals surface area contributed by atoms with Crippen LogP contribution in [0.3, 0.4) is 0 Å². The molecule has 2 aromatic rings. The second-order valence-corrected chi connectivity index (χ2v) is 3.65. The molecule has 2 aromatic heterocycles. The maximum absolute atomic E-state index is 4.15. The van der Waals surface area contributed by atoms with Gasteiger partial charge in [0.05, 0.1) is 0 Å². The Morgan fingerprint density at radius 3 is 2.80 bits per heavy atom. The van der Waals surface area contributed by atoms with Gasteiger partial charge < -0.3 is 4.57 Å². The SMILES string of the molecule is Cn1ccc2c1C=C(c1ncncn1)C2. The molecule has 3 rings (SSSR count). The van der Waals surface area contributed by atoms with Crippen molar-refractivity contribution in [1.29, 1.82) is 0 Å². The highest BCUT2D eigenvalue weighted by Crippen LogP contribution is 2.29. The van der Waals surface area contributed by atoms with Crippen molar-refractivity contribution in [2.75, 3.05) is 0 Å². The van der Waals surface area contributed by atoms with Crippen LogP contribution in [0.1, 0.15) is 17.1 Å². The van der Waals surface area contributed by atoms with E-state index < -0.39 is 0 Å². The van der Waals surface area contributed by atoms with Crippen molar-refractivity contribution in [2.45, 2.75) is 6.42 Å². The van der Waals surface area contributed by atoms with E-state index in [0.717, 1.165) is 12.2 Å². The summed E-state index contributed by atoms with van der Waals surface area (Å²) in [4.78, 5) is 12.1. The average molecular weight is 198 g/mol. The quantitative estimate of drug-likeness (QED) is 0.693. The molecule has 4 nitrogen and oxygen atoms in total. The standard InChI is InChI=1S/C11H10N4/c1-15-3-2-8-4-9(5-10(8)15)11-13-6-12-7-14-11/h2-3,5-7H,4H2,1H3. The topological polar surface area (TPSA) is 43.6 Å². The third-order valence-corrected chi connectivity index (χ3v) is 2.68. The highest BCUT2D eigenvalue weighted by molar-refractivity contribution is 5.85. The average Bonchev–Trinajstić information content (AvgIpc) is 2.83. The van der Waals surface area contributed by atoms with Crippen LogP contribution < -0.4 is 0 Å². The molecule has 0 aromatic carbocycles. The molecule has 15 heavy (non-hydrogen) atoms. The van der Waals surface area contributed by atoms with E-state index in [-0.39, 0.29) is 0 Å². The van der Waals surface area contributed by atoms with Crippen molar-refractivity contribution in [2.24, 2.45) is 7.05 Å². The van der Waals surface area contributed by atoms with Gasteiger partial charge in [-0.25, -0.2) is 15.0 Å². The zero-order valence-electron chi connectivity index (χ0n) is 8.38. The van der Waals surface area contributed by atoms with E-state index in [2.05, 4.69) is 37.9 Å². The smallest absolute Gasteiger partial charge is 0.159 e. The second-order valence-electron chi connectivity index (χ2n) is 3.65. The number of hydrogen-bond donors (Lipinski definition) is 0. The predicted molar refractivity (Wildman–Crippen MR) is 56.8 cm³/mol. The zero-order chi connectivity index (χ0) is 10.3. The Balaban J connectivity index is 2.04. The molecule has 0 spiro atoms. The van der Waals surface area contributed by atoms with Crippen LogP contribution >= 0.6 is 0 Å². The molecule has 1 aliphatic rings. The minimum absolute atomic E-state index is 0.779. The molecule has 0 saturated heterocycles. The first kappa shape index (κ1) is 8.35. The van der Waals surface area contributed by atoms with Crippen molar-refractivity contribution in [3.63, 3.8) is 0 Å². The summed E-state index contributed by atoms with van der Waals surface area (Å²) in [6.07, 6.45) is 8.20. The second kappa shape index (κ2) is 3.02. The van der Waals surface area contributed by atoms with Gasteiger partial charge in [0.25, 0.3) is 0 Å². The largest absolute Gasteiger partial charge is 0.351 e. The van der Waals surface area contributed by atoms with Gasteiger partial charge in [-0.1, -0.05) is 0 Å². The van der Waals surface area contributed by atoms with Crippen LogP contribution in [0.2, 0.25) is 0 Å². The van der Waals surface area contributed by atoms with Crippen LogP contribution in [0, 0.1) is 0 Å². The van der Waals surface area contributed by atoms with Crippen LogP contribution in [0.5, 0.6) is 0 Å². The maximum Gasteiger partial charge on any atom is 0.159 e. The van der Waals surface area contributed by atoms with Gasteiger partial charge in [0, 0.05) is 30.9 Å². The molecule has 0 unspecified atom stereocenters. The molecule has 0 N–H and O–H groups in total. The summed E-state index contributed by atoms with van der Waals surface area (Å²) in [5, 5.41) is 0. The lowest BCUT2D eigenvalue weighted by molar-refractivity contribution is 0.913. The Hall–Kier alpha value is -1.97. The Bertz CT molecular complexity index is 525. The molecule has 74 valence electrons. The van der Waals surface area contributed by atoms with Gasteiger partial charge >= 0.3 is 0 Å². The van der Waals surface area contributed by atoms with E-state index >= 15 is 0 Å². The van der Waals surface area contributed by atoms with Gasteiger partial charge in [-0.3, -0.25) is 0 Å². The summed E-state index contributed by atoms with van der Waals surface area (Å²) in [7, 11) is 2.05. The van der Waals surface area contributed by atoms with Gasteiger partial charge in [0.15, 0.2) is 5.82 Å². The number of aryl methyl sites for hydroxylation is 1. The summed E-state index contributed by atoms with van der Waals surface area (Å²) in [5.41, 5.74) is 3.76. The predicted octanol–water partition coefficient (Wildman–Crippen LogP) is 1.31. The van der Waals surface area contributed by atoms with Gasteiger partial charge in [0.1, 0.15) is 12.7 Å². The molecule has 0 amide bonds. The highest BCUT2D eigenvalue weighted by Gasteiger charge is 2.17. The van der Waals surface area contributed by atoms with E-state index in [1.165, 1.54) is 29.5 Å². The van der Waals surface area contributed by atoms with E-state index in [0.29, 0.717) is 0 Å². The Kier molecular flexibility index (Phi) is 1.68. The number of aromatic nitrogens is 4. The van der Waals surface area contributed by atoms with Crippen molar-refractivity contribution in [3.8, 4) is 0 Å². The lowest BCUT2D eigenvalue weighted by atomic mass is 10.2. The maximum atomic E-state index is 4.15.